The average Bonchev–Trinajstić information content (AvgIpc) is 3.26. The minimum absolute atomic E-state index is 0.110. The first kappa shape index (κ1) is 28.4. The smallest absolute Gasteiger partial charge is 0.319 e. The number of carbonyl (C=O) groups excluding carboxylic acids is 1. The van der Waals surface area contributed by atoms with Crippen molar-refractivity contribution in [1.82, 2.24) is 15.2 Å². The van der Waals surface area contributed by atoms with Crippen LogP contribution in [0.3, 0.4) is 0 Å². The van der Waals surface area contributed by atoms with Crippen molar-refractivity contribution < 1.29 is 22.0 Å². The zero-order valence-electron chi connectivity index (χ0n) is 23.4. The molecule has 6 rings (SSSR count). The van der Waals surface area contributed by atoms with Gasteiger partial charge in [0, 0.05) is 62.0 Å². The van der Waals surface area contributed by atoms with E-state index in [1.165, 1.54) is 10.6 Å². The molecule has 2 amide bonds. The molecule has 2 unspecified atom stereocenters. The number of sulfone groups is 1. The number of para-hydroxylation sites is 1. The minimum Gasteiger partial charge on any atom is -0.384 e. The van der Waals surface area contributed by atoms with E-state index >= 15 is 4.39 Å². The van der Waals surface area contributed by atoms with Crippen LogP contribution in [0.1, 0.15) is 11.1 Å². The number of pyridine rings is 1. The van der Waals surface area contributed by atoms with Gasteiger partial charge in [-0.05, 0) is 53.1 Å². The Balaban J connectivity index is 1.46. The highest BCUT2D eigenvalue weighted by molar-refractivity contribution is 7.91. The maximum absolute atomic E-state index is 15.3. The van der Waals surface area contributed by atoms with Crippen LogP contribution in [0.25, 0.3) is 11.3 Å². The van der Waals surface area contributed by atoms with Crippen LogP contribution in [0.5, 0.6) is 0 Å². The van der Waals surface area contributed by atoms with E-state index in [1.54, 1.807) is 60.8 Å². The Morgan fingerprint density at radius 3 is 2.60 bits per heavy atom. The van der Waals surface area contributed by atoms with Crippen LogP contribution in [-0.4, -0.2) is 50.2 Å². The Hall–Kier alpha value is -4.71. The van der Waals surface area contributed by atoms with Crippen molar-refractivity contribution in [2.75, 3.05) is 35.3 Å². The zero-order chi connectivity index (χ0) is 30.5. The van der Waals surface area contributed by atoms with Crippen molar-refractivity contribution >= 4 is 38.5 Å². The molecule has 3 aromatic rings. The summed E-state index contributed by atoms with van der Waals surface area (Å²) in [5.74, 6) is -2.15. The van der Waals surface area contributed by atoms with E-state index in [4.69, 9.17) is 0 Å². The van der Waals surface area contributed by atoms with Crippen molar-refractivity contribution in [3.63, 3.8) is 0 Å². The topological polar surface area (TPSA) is 113 Å². The molecule has 222 valence electrons. The molecule has 2 aliphatic heterocycles. The first-order valence-corrected chi connectivity index (χ1v) is 15.7. The Kier molecular flexibility index (Phi) is 7.17. The van der Waals surface area contributed by atoms with Gasteiger partial charge in [-0.15, -0.1) is 0 Å². The summed E-state index contributed by atoms with van der Waals surface area (Å²) in [6.45, 7) is 0.474. The van der Waals surface area contributed by atoms with E-state index in [-0.39, 0.29) is 29.5 Å². The summed E-state index contributed by atoms with van der Waals surface area (Å²) in [4.78, 5) is 28.0. The second kappa shape index (κ2) is 10.8. The first-order valence-electron chi connectivity index (χ1n) is 13.6. The molecule has 0 fully saturated rings. The molecule has 12 heteroatoms. The molecular weight excluding hydrogens is 576 g/mol. The highest BCUT2D eigenvalue weighted by atomic mass is 32.2. The number of aryl methyl sites for hydroxylation is 1. The summed E-state index contributed by atoms with van der Waals surface area (Å²) in [6, 6.07) is 13.0. The van der Waals surface area contributed by atoms with E-state index in [0.717, 1.165) is 18.4 Å². The lowest BCUT2D eigenvalue weighted by Crippen LogP contribution is -2.50. The molecule has 2 atom stereocenters. The number of rotatable bonds is 6. The van der Waals surface area contributed by atoms with Gasteiger partial charge < -0.3 is 25.4 Å². The monoisotopic (exact) mass is 605 g/mol. The number of nitrogens with one attached hydrogen (secondary N) is 3. The van der Waals surface area contributed by atoms with Crippen molar-refractivity contribution in [3.05, 3.63) is 117 Å². The highest BCUT2D eigenvalue weighted by Crippen LogP contribution is 2.46. The molecule has 1 aromatic heterocycles. The van der Waals surface area contributed by atoms with Gasteiger partial charge in [-0.1, -0.05) is 18.2 Å². The molecule has 3 heterocycles. The summed E-state index contributed by atoms with van der Waals surface area (Å²) in [6.07, 6.45) is 6.13. The summed E-state index contributed by atoms with van der Waals surface area (Å²) >= 11 is 0. The molecule has 9 nitrogen and oxygen atoms in total. The number of hydrogen-bond acceptors (Lipinski definition) is 6. The Morgan fingerprint density at radius 2 is 1.88 bits per heavy atom. The maximum Gasteiger partial charge on any atom is 0.319 e. The third-order valence-electron chi connectivity index (χ3n) is 7.80. The highest BCUT2D eigenvalue weighted by Gasteiger charge is 2.44. The van der Waals surface area contributed by atoms with Crippen LogP contribution < -0.4 is 26.4 Å². The van der Waals surface area contributed by atoms with E-state index in [0.29, 0.717) is 45.8 Å². The van der Waals surface area contributed by atoms with Gasteiger partial charge in [-0.25, -0.2) is 22.0 Å². The number of carbonyl (C=O) groups is 1. The number of aromatic nitrogens is 1. The fourth-order valence-corrected chi connectivity index (χ4v) is 6.77. The maximum atomic E-state index is 15.3. The van der Waals surface area contributed by atoms with E-state index in [1.807, 2.05) is 6.07 Å². The number of fused-ring (bicyclic) bond motifs is 2. The van der Waals surface area contributed by atoms with Gasteiger partial charge in [0.2, 0.25) is 0 Å². The van der Waals surface area contributed by atoms with Crippen LogP contribution in [0, 0.1) is 17.6 Å². The van der Waals surface area contributed by atoms with Gasteiger partial charge >= 0.3 is 6.03 Å². The lowest BCUT2D eigenvalue weighted by atomic mass is 9.84. The number of hydrogen-bond donors (Lipinski definition) is 3. The summed E-state index contributed by atoms with van der Waals surface area (Å²) in [7, 11) is -1.89. The summed E-state index contributed by atoms with van der Waals surface area (Å²) in [5.41, 5.74) is 3.41. The average molecular weight is 606 g/mol. The molecule has 0 saturated heterocycles. The van der Waals surface area contributed by atoms with E-state index < -0.39 is 33.5 Å². The molecule has 0 spiro atoms. The number of nitrogens with zero attached hydrogens (tertiary/aromatic N) is 2. The quantitative estimate of drug-likeness (QED) is 0.396. The van der Waals surface area contributed by atoms with Crippen LogP contribution in [0.4, 0.5) is 25.0 Å². The lowest BCUT2D eigenvalue weighted by Gasteiger charge is -2.39. The van der Waals surface area contributed by atoms with Crippen molar-refractivity contribution in [1.29, 1.82) is 0 Å². The van der Waals surface area contributed by atoms with Gasteiger partial charge in [0.1, 0.15) is 11.6 Å². The number of urea groups is 1. The number of anilines is 2. The number of allylic oxidation sites excluding steroid dienone is 1. The van der Waals surface area contributed by atoms with Crippen LogP contribution in [-0.2, 0) is 16.9 Å². The second-order valence-corrected chi connectivity index (χ2v) is 13.1. The van der Waals surface area contributed by atoms with Gasteiger partial charge in [0.25, 0.3) is 5.56 Å². The molecule has 3 N–H and O–H groups in total. The standard InChI is InChI=1S/C31H29F2N5O4S/c1-37-11-10-23-19(17-43(2,41)42)12-18-16-38(25-9-8-21(32)13-24(25)33)29-20(14-34-28(26(18)29)27(23)30(37)39)15-35-31(40)36-22-6-4-3-5-7-22/h3-13,16,20,29,34H,14-15,17H2,1-2H3,(H2,35,36,40). The first-order chi connectivity index (χ1) is 20.5. The fourth-order valence-electron chi connectivity index (χ4n) is 5.96. The minimum atomic E-state index is -3.50. The third kappa shape index (κ3) is 5.45. The van der Waals surface area contributed by atoms with Crippen LogP contribution in [0.2, 0.25) is 0 Å². The van der Waals surface area contributed by atoms with Crippen LogP contribution >= 0.6 is 0 Å². The molecule has 3 aliphatic rings. The normalized spacial score (nSPS) is 19.0. The van der Waals surface area contributed by atoms with Crippen LogP contribution in [0.15, 0.2) is 89.0 Å². The summed E-state index contributed by atoms with van der Waals surface area (Å²) in [5, 5.41) is 9.05. The fraction of sp³-hybridized carbons (Fsp3) is 0.226. The van der Waals surface area contributed by atoms with Gasteiger partial charge in [0.05, 0.1) is 28.7 Å². The molecule has 1 aliphatic carbocycles. The SMILES string of the molecule is Cn1ccc2c(c1=O)C1=C3C(=CN(c4ccc(F)cc4F)C3C(CNC(=O)Nc3ccccc3)CN1)C=C2CS(C)(=O)=O. The molecular formula is C31H29F2N5O4S. The predicted octanol–water partition coefficient (Wildman–Crippen LogP) is 3.63. The van der Waals surface area contributed by atoms with Gasteiger partial charge in [0.15, 0.2) is 9.84 Å². The molecule has 0 radical (unpaired) electrons. The van der Waals surface area contributed by atoms with Crippen molar-refractivity contribution in [2.24, 2.45) is 13.0 Å². The Morgan fingerprint density at radius 1 is 1.12 bits per heavy atom. The summed E-state index contributed by atoms with van der Waals surface area (Å²) < 4.78 is 55.5. The second-order valence-electron chi connectivity index (χ2n) is 10.9. The number of halogens is 2. The van der Waals surface area contributed by atoms with Gasteiger partial charge in [-0.3, -0.25) is 4.79 Å². The van der Waals surface area contributed by atoms with E-state index in [9.17, 15) is 22.4 Å². The molecule has 43 heavy (non-hydrogen) atoms. The van der Waals surface area contributed by atoms with E-state index in [2.05, 4.69) is 16.0 Å². The predicted molar refractivity (Wildman–Crippen MR) is 162 cm³/mol. The largest absolute Gasteiger partial charge is 0.384 e. The van der Waals surface area contributed by atoms with Crippen molar-refractivity contribution in [3.8, 4) is 0 Å². The Labute approximate surface area is 247 Å². The lowest BCUT2D eigenvalue weighted by molar-refractivity contribution is 0.249. The molecule has 0 saturated carbocycles. The number of benzene rings is 2. The Bertz CT molecular complexity index is 1900. The van der Waals surface area contributed by atoms with Crippen molar-refractivity contribution in [2.45, 2.75) is 6.04 Å². The third-order valence-corrected chi connectivity index (χ3v) is 8.63. The molecule has 0 bridgehead atoms. The zero-order valence-corrected chi connectivity index (χ0v) is 24.2. The molecule has 2 aromatic carbocycles. The number of amides is 2. The van der Waals surface area contributed by atoms with Gasteiger partial charge in [-0.2, -0.15) is 0 Å².